The number of ether oxygens (including phenoxy) is 3. The van der Waals surface area contributed by atoms with Gasteiger partial charge in [-0.15, -0.1) is 0 Å². The van der Waals surface area contributed by atoms with Gasteiger partial charge in [0.1, 0.15) is 13.2 Å². The molecule has 6 nitrogen and oxygen atoms in total. The number of hydrogen-bond acceptors (Lipinski definition) is 6. The third-order valence-electron chi connectivity index (χ3n) is 12.5. The second-order valence-corrected chi connectivity index (χ2v) is 19.5. The van der Waals surface area contributed by atoms with Crippen molar-refractivity contribution in [3.8, 4) is 0 Å². The SMILES string of the molecule is CC/C=C\C/C=C\C/C=C\C/C=C\C/C=C\CCCCCCCCCC(=O)OCC(COC(=O)CCCCCCCCCC)OC(=O)CCCCCCCCCCCC/C=C\C/C=C\C/C=C\C/C=C\CC. The van der Waals surface area contributed by atoms with Gasteiger partial charge in [-0.2, -0.15) is 0 Å². The number of rotatable bonds is 53. The number of esters is 3. The van der Waals surface area contributed by atoms with Crippen molar-refractivity contribution in [3.63, 3.8) is 0 Å². The Morgan fingerprint density at radius 3 is 0.847 bits per heavy atom. The molecule has 0 rings (SSSR count). The molecule has 0 aliphatic rings. The third kappa shape index (κ3) is 57.0. The molecule has 0 aliphatic heterocycles. The summed E-state index contributed by atoms with van der Waals surface area (Å²) in [5.41, 5.74) is 0. The molecule has 0 aromatic rings. The Labute approximate surface area is 444 Å². The Morgan fingerprint density at radius 2 is 0.542 bits per heavy atom. The van der Waals surface area contributed by atoms with Crippen molar-refractivity contribution in [3.05, 3.63) is 109 Å². The molecule has 0 radical (unpaired) electrons. The van der Waals surface area contributed by atoms with Crippen LogP contribution in [-0.4, -0.2) is 37.2 Å². The van der Waals surface area contributed by atoms with Gasteiger partial charge in [0.2, 0.25) is 0 Å². The first-order valence-corrected chi connectivity index (χ1v) is 29.9. The van der Waals surface area contributed by atoms with Crippen LogP contribution < -0.4 is 0 Å². The van der Waals surface area contributed by atoms with E-state index in [0.717, 1.165) is 122 Å². The van der Waals surface area contributed by atoms with E-state index >= 15 is 0 Å². The predicted molar refractivity (Wildman–Crippen MR) is 311 cm³/mol. The van der Waals surface area contributed by atoms with Gasteiger partial charge in [0, 0.05) is 19.3 Å². The van der Waals surface area contributed by atoms with Crippen LogP contribution in [-0.2, 0) is 28.6 Å². The molecule has 0 aromatic carbocycles. The lowest BCUT2D eigenvalue weighted by Crippen LogP contribution is -2.30. The highest BCUT2D eigenvalue weighted by Gasteiger charge is 2.19. The van der Waals surface area contributed by atoms with Gasteiger partial charge in [-0.05, 0) is 103 Å². The van der Waals surface area contributed by atoms with Crippen LogP contribution in [0.1, 0.15) is 271 Å². The minimum Gasteiger partial charge on any atom is -0.462 e. The zero-order chi connectivity index (χ0) is 52.2. The molecule has 6 heteroatoms. The molecule has 0 amide bonds. The first-order valence-electron chi connectivity index (χ1n) is 29.9. The molecule has 0 heterocycles. The average molecular weight is 1000 g/mol. The second kappa shape index (κ2) is 59.6. The van der Waals surface area contributed by atoms with E-state index in [0.29, 0.717) is 19.3 Å². The normalized spacial score (nSPS) is 12.9. The minimum atomic E-state index is -0.785. The fraction of sp³-hybridized carbons (Fsp3) is 0.682. The van der Waals surface area contributed by atoms with Crippen molar-refractivity contribution in [1.82, 2.24) is 0 Å². The summed E-state index contributed by atoms with van der Waals surface area (Å²) in [5.74, 6) is -0.900. The lowest BCUT2D eigenvalue weighted by molar-refractivity contribution is -0.167. The van der Waals surface area contributed by atoms with Gasteiger partial charge in [0.05, 0.1) is 0 Å². The first-order chi connectivity index (χ1) is 35.5. The summed E-state index contributed by atoms with van der Waals surface area (Å²) in [5, 5.41) is 0. The van der Waals surface area contributed by atoms with Crippen LogP contribution in [0, 0.1) is 0 Å². The molecule has 0 spiro atoms. The number of allylic oxidation sites excluding steroid dienone is 18. The van der Waals surface area contributed by atoms with E-state index in [1.807, 2.05) is 0 Å². The Balaban J connectivity index is 4.26. The summed E-state index contributed by atoms with van der Waals surface area (Å²) in [7, 11) is 0. The van der Waals surface area contributed by atoms with E-state index in [-0.39, 0.29) is 31.1 Å². The van der Waals surface area contributed by atoms with Gasteiger partial charge in [-0.25, -0.2) is 0 Å². The van der Waals surface area contributed by atoms with E-state index < -0.39 is 6.10 Å². The molecule has 0 saturated heterocycles. The Bertz CT molecular complexity index is 1470. The van der Waals surface area contributed by atoms with Crippen molar-refractivity contribution < 1.29 is 28.6 Å². The average Bonchev–Trinajstić information content (AvgIpc) is 3.38. The maximum atomic E-state index is 12.9. The summed E-state index contributed by atoms with van der Waals surface area (Å²) < 4.78 is 16.8. The maximum absolute atomic E-state index is 12.9. The molecular weight excluding hydrogens is 889 g/mol. The quantitative estimate of drug-likeness (QED) is 0.0261. The Kier molecular flexibility index (Phi) is 56.4. The van der Waals surface area contributed by atoms with Gasteiger partial charge < -0.3 is 14.2 Å². The van der Waals surface area contributed by atoms with Crippen LogP contribution >= 0.6 is 0 Å². The lowest BCUT2D eigenvalue weighted by atomic mass is 10.0. The summed E-state index contributed by atoms with van der Waals surface area (Å²) in [6, 6.07) is 0. The van der Waals surface area contributed by atoms with Crippen LogP contribution in [0.3, 0.4) is 0 Å². The highest BCUT2D eigenvalue weighted by atomic mass is 16.6. The van der Waals surface area contributed by atoms with E-state index in [2.05, 4.69) is 130 Å². The molecule has 0 aliphatic carbocycles. The first kappa shape index (κ1) is 68.1. The van der Waals surface area contributed by atoms with Crippen LogP contribution in [0.2, 0.25) is 0 Å². The standard InChI is InChI=1S/C66H110O6/c1-4-7-10-13-16-19-21-23-25-27-29-31-33-35-37-39-41-43-45-47-50-53-56-59-65(68)71-62-63(61-70-64(67)58-55-52-49-18-15-12-9-6-3)72-66(69)60-57-54-51-48-46-44-42-40-38-36-34-32-30-28-26-24-22-20-17-14-11-8-5-2/h7-8,10-11,16-17,19-20,23-26,29-32,35,37,63H,4-6,9,12-15,18,21-22,27-28,33-34,36,38-62H2,1-3H3/b10-7-,11-8-,19-16-,20-17-,25-23-,26-24-,31-29-,32-30-,37-35-. The van der Waals surface area contributed by atoms with Crippen molar-refractivity contribution in [2.45, 2.75) is 277 Å². The second-order valence-electron chi connectivity index (χ2n) is 19.5. The van der Waals surface area contributed by atoms with Gasteiger partial charge in [-0.1, -0.05) is 259 Å². The maximum Gasteiger partial charge on any atom is 0.306 e. The summed E-state index contributed by atoms with van der Waals surface area (Å²) in [4.78, 5) is 38.1. The topological polar surface area (TPSA) is 78.9 Å². The molecular formula is C66H110O6. The highest BCUT2D eigenvalue weighted by molar-refractivity contribution is 5.71. The number of carbonyl (C=O) groups excluding carboxylic acids is 3. The van der Waals surface area contributed by atoms with Gasteiger partial charge in [-0.3, -0.25) is 14.4 Å². The van der Waals surface area contributed by atoms with Gasteiger partial charge in [0.15, 0.2) is 6.10 Å². The smallest absolute Gasteiger partial charge is 0.306 e. The Morgan fingerprint density at radius 1 is 0.292 bits per heavy atom. The zero-order valence-electron chi connectivity index (χ0n) is 46.9. The van der Waals surface area contributed by atoms with Gasteiger partial charge >= 0.3 is 17.9 Å². The van der Waals surface area contributed by atoms with Crippen molar-refractivity contribution in [2.24, 2.45) is 0 Å². The molecule has 72 heavy (non-hydrogen) atoms. The lowest BCUT2D eigenvalue weighted by Gasteiger charge is -2.18. The van der Waals surface area contributed by atoms with E-state index in [9.17, 15) is 14.4 Å². The summed E-state index contributed by atoms with van der Waals surface area (Å²) in [6.45, 7) is 6.38. The highest BCUT2D eigenvalue weighted by Crippen LogP contribution is 2.15. The Hall–Kier alpha value is -3.93. The van der Waals surface area contributed by atoms with E-state index in [1.165, 1.54) is 109 Å². The van der Waals surface area contributed by atoms with Crippen LogP contribution in [0.15, 0.2) is 109 Å². The molecule has 0 N–H and O–H groups in total. The number of carbonyl (C=O) groups is 3. The monoisotopic (exact) mass is 999 g/mol. The number of hydrogen-bond donors (Lipinski definition) is 0. The molecule has 1 unspecified atom stereocenters. The molecule has 0 saturated carbocycles. The zero-order valence-corrected chi connectivity index (χ0v) is 46.9. The molecule has 0 aromatic heterocycles. The summed E-state index contributed by atoms with van der Waals surface area (Å²) in [6.07, 6.45) is 80.9. The van der Waals surface area contributed by atoms with Gasteiger partial charge in [0.25, 0.3) is 0 Å². The molecule has 1 atom stereocenters. The van der Waals surface area contributed by atoms with Crippen LogP contribution in [0.5, 0.6) is 0 Å². The van der Waals surface area contributed by atoms with Crippen molar-refractivity contribution in [2.75, 3.05) is 13.2 Å². The third-order valence-corrected chi connectivity index (χ3v) is 12.5. The van der Waals surface area contributed by atoms with E-state index in [1.54, 1.807) is 0 Å². The fourth-order valence-electron chi connectivity index (χ4n) is 8.11. The van der Waals surface area contributed by atoms with Crippen LogP contribution in [0.25, 0.3) is 0 Å². The largest absolute Gasteiger partial charge is 0.462 e. The van der Waals surface area contributed by atoms with Crippen molar-refractivity contribution >= 4 is 17.9 Å². The van der Waals surface area contributed by atoms with E-state index in [4.69, 9.17) is 14.2 Å². The predicted octanol–water partition coefficient (Wildman–Crippen LogP) is 20.3. The molecule has 410 valence electrons. The van der Waals surface area contributed by atoms with Crippen LogP contribution in [0.4, 0.5) is 0 Å². The van der Waals surface area contributed by atoms with Crippen molar-refractivity contribution in [1.29, 1.82) is 0 Å². The molecule has 0 fully saturated rings. The number of unbranched alkanes of at least 4 members (excludes halogenated alkanes) is 24. The minimum absolute atomic E-state index is 0.0830. The fourth-order valence-corrected chi connectivity index (χ4v) is 8.11. The molecule has 0 bridgehead atoms. The summed E-state index contributed by atoms with van der Waals surface area (Å²) >= 11 is 0.